The molecule has 0 aliphatic heterocycles. The monoisotopic (exact) mass is 264 g/mol. The normalized spacial score (nSPS) is 10.8. The smallest absolute Gasteiger partial charge is 0.248 e. The Morgan fingerprint density at radius 1 is 0.950 bits per heavy atom. The number of fused-ring (bicyclic) bond motifs is 1. The van der Waals surface area contributed by atoms with Crippen LogP contribution in [0.5, 0.6) is 0 Å². The fourth-order valence-corrected chi connectivity index (χ4v) is 2.59. The van der Waals surface area contributed by atoms with E-state index in [2.05, 4.69) is 17.1 Å². The molecule has 3 heteroatoms. The van der Waals surface area contributed by atoms with Crippen molar-refractivity contribution in [1.82, 2.24) is 4.98 Å². The topological polar surface area (TPSA) is 58.9 Å². The molecule has 0 fully saturated rings. The Balaban J connectivity index is 1.85. The maximum Gasteiger partial charge on any atom is 0.248 e. The molecule has 2 aromatic carbocycles. The lowest BCUT2D eigenvalue weighted by molar-refractivity contribution is 0.0999. The molecule has 0 atom stereocenters. The largest absolute Gasteiger partial charge is 0.366 e. The third-order valence-electron chi connectivity index (χ3n) is 3.62. The number of carbonyl (C=O) groups is 1. The van der Waals surface area contributed by atoms with Gasteiger partial charge in [-0.1, -0.05) is 36.4 Å². The molecule has 0 radical (unpaired) electrons. The number of H-pyrrole nitrogens is 1. The van der Waals surface area contributed by atoms with Gasteiger partial charge in [0.05, 0.1) is 0 Å². The van der Waals surface area contributed by atoms with Gasteiger partial charge in [-0.3, -0.25) is 4.79 Å². The molecule has 3 N–H and O–H groups in total. The quantitative estimate of drug-likeness (QED) is 0.747. The summed E-state index contributed by atoms with van der Waals surface area (Å²) in [6.45, 7) is 0. The number of primary amides is 1. The molecule has 0 bridgehead atoms. The van der Waals surface area contributed by atoms with Crippen molar-refractivity contribution in [2.75, 3.05) is 0 Å². The summed E-state index contributed by atoms with van der Waals surface area (Å²) in [6.07, 6.45) is 3.73. The van der Waals surface area contributed by atoms with Crippen molar-refractivity contribution >= 4 is 16.8 Å². The number of aromatic nitrogens is 1. The molecule has 0 aliphatic carbocycles. The molecular weight excluding hydrogens is 248 g/mol. The first kappa shape index (κ1) is 12.5. The van der Waals surface area contributed by atoms with Crippen molar-refractivity contribution in [1.29, 1.82) is 0 Å². The van der Waals surface area contributed by atoms with Gasteiger partial charge in [0.1, 0.15) is 0 Å². The fraction of sp³-hybridized carbons (Fsp3) is 0.118. The van der Waals surface area contributed by atoms with Crippen LogP contribution in [0, 0.1) is 0 Å². The molecule has 0 saturated heterocycles. The number of benzene rings is 2. The lowest BCUT2D eigenvalue weighted by Crippen LogP contribution is -2.13. The molecule has 3 rings (SSSR count). The molecule has 100 valence electrons. The van der Waals surface area contributed by atoms with E-state index in [1.807, 2.05) is 36.5 Å². The van der Waals surface area contributed by atoms with Crippen molar-refractivity contribution in [3.05, 3.63) is 71.4 Å². The summed E-state index contributed by atoms with van der Waals surface area (Å²) in [5.41, 5.74) is 9.44. The zero-order valence-corrected chi connectivity index (χ0v) is 11.1. The molecule has 1 heterocycles. The molecule has 0 spiro atoms. The first-order chi connectivity index (χ1) is 9.75. The molecule has 3 nitrogen and oxygen atoms in total. The van der Waals surface area contributed by atoms with E-state index in [1.165, 1.54) is 10.9 Å². The summed E-state index contributed by atoms with van der Waals surface area (Å²) in [5, 5.41) is 1.24. The lowest BCUT2D eigenvalue weighted by atomic mass is 9.99. The molecule has 1 amide bonds. The van der Waals surface area contributed by atoms with E-state index in [0.717, 1.165) is 23.9 Å². The predicted molar refractivity (Wildman–Crippen MR) is 80.7 cm³/mol. The Morgan fingerprint density at radius 2 is 1.65 bits per heavy atom. The summed E-state index contributed by atoms with van der Waals surface area (Å²) < 4.78 is 0. The second-order valence-corrected chi connectivity index (χ2v) is 4.88. The summed E-state index contributed by atoms with van der Waals surface area (Å²) >= 11 is 0. The third-order valence-corrected chi connectivity index (χ3v) is 3.62. The standard InChI is InChI=1S/C17H16N2O/c18-17(20)15-7-2-1-5-12(15)9-10-13-11-19-16-8-4-3-6-14(13)16/h1-8,11,19H,9-10H2,(H2,18,20). The zero-order chi connectivity index (χ0) is 13.9. The molecular formula is C17H16N2O. The maximum atomic E-state index is 11.4. The minimum Gasteiger partial charge on any atom is -0.366 e. The summed E-state index contributed by atoms with van der Waals surface area (Å²) in [6, 6.07) is 15.8. The third kappa shape index (κ3) is 2.30. The summed E-state index contributed by atoms with van der Waals surface area (Å²) in [4.78, 5) is 14.7. The average molecular weight is 264 g/mol. The van der Waals surface area contributed by atoms with Crippen LogP contribution in [0.1, 0.15) is 21.5 Å². The Labute approximate surface area is 117 Å². The number of carbonyl (C=O) groups excluding carboxylic acids is 1. The van der Waals surface area contributed by atoms with Crippen LogP contribution in [0.15, 0.2) is 54.7 Å². The highest BCUT2D eigenvalue weighted by atomic mass is 16.1. The van der Waals surface area contributed by atoms with Gasteiger partial charge in [0.2, 0.25) is 5.91 Å². The second-order valence-electron chi connectivity index (χ2n) is 4.88. The number of hydrogen-bond acceptors (Lipinski definition) is 1. The fourth-order valence-electron chi connectivity index (χ4n) is 2.59. The number of amides is 1. The highest BCUT2D eigenvalue weighted by molar-refractivity contribution is 5.94. The van der Waals surface area contributed by atoms with Gasteiger partial charge < -0.3 is 10.7 Å². The van der Waals surface area contributed by atoms with E-state index < -0.39 is 0 Å². The van der Waals surface area contributed by atoms with Gasteiger partial charge >= 0.3 is 0 Å². The van der Waals surface area contributed by atoms with Gasteiger partial charge in [-0.15, -0.1) is 0 Å². The van der Waals surface area contributed by atoms with Crippen LogP contribution in [-0.2, 0) is 12.8 Å². The van der Waals surface area contributed by atoms with Crippen molar-refractivity contribution in [2.24, 2.45) is 5.73 Å². The molecule has 20 heavy (non-hydrogen) atoms. The number of aryl methyl sites for hydroxylation is 2. The Morgan fingerprint density at radius 3 is 2.50 bits per heavy atom. The molecule has 0 saturated carbocycles. The molecule has 3 aromatic rings. The van der Waals surface area contributed by atoms with E-state index in [1.54, 1.807) is 6.07 Å². The SMILES string of the molecule is NC(=O)c1ccccc1CCc1c[nH]c2ccccc12. The molecule has 0 aliphatic rings. The van der Waals surface area contributed by atoms with E-state index >= 15 is 0 Å². The number of nitrogens with one attached hydrogen (secondary N) is 1. The average Bonchev–Trinajstić information content (AvgIpc) is 2.88. The minimum absolute atomic E-state index is 0.362. The van der Waals surface area contributed by atoms with Gasteiger partial charge in [-0.25, -0.2) is 0 Å². The van der Waals surface area contributed by atoms with Gasteiger partial charge in [-0.2, -0.15) is 0 Å². The van der Waals surface area contributed by atoms with Gasteiger partial charge in [0.15, 0.2) is 0 Å². The van der Waals surface area contributed by atoms with Crippen LogP contribution in [0.25, 0.3) is 10.9 Å². The van der Waals surface area contributed by atoms with E-state index in [4.69, 9.17) is 5.73 Å². The van der Waals surface area contributed by atoms with E-state index in [9.17, 15) is 4.79 Å². The van der Waals surface area contributed by atoms with Gasteiger partial charge in [-0.05, 0) is 36.1 Å². The summed E-state index contributed by atoms with van der Waals surface area (Å²) in [5.74, 6) is -0.362. The van der Waals surface area contributed by atoms with Crippen LogP contribution in [0.4, 0.5) is 0 Å². The van der Waals surface area contributed by atoms with Crippen molar-refractivity contribution in [3.63, 3.8) is 0 Å². The zero-order valence-electron chi connectivity index (χ0n) is 11.1. The van der Waals surface area contributed by atoms with Gasteiger partial charge in [0, 0.05) is 22.7 Å². The molecule has 0 unspecified atom stereocenters. The number of rotatable bonds is 4. The van der Waals surface area contributed by atoms with Gasteiger partial charge in [0.25, 0.3) is 0 Å². The van der Waals surface area contributed by atoms with Crippen molar-refractivity contribution in [2.45, 2.75) is 12.8 Å². The Kier molecular flexibility index (Phi) is 3.25. The number of hydrogen-bond donors (Lipinski definition) is 2. The van der Waals surface area contributed by atoms with E-state index in [-0.39, 0.29) is 5.91 Å². The first-order valence-corrected chi connectivity index (χ1v) is 6.68. The summed E-state index contributed by atoms with van der Waals surface area (Å²) in [7, 11) is 0. The van der Waals surface area contributed by atoms with Crippen LogP contribution in [0.2, 0.25) is 0 Å². The predicted octanol–water partition coefficient (Wildman–Crippen LogP) is 3.05. The van der Waals surface area contributed by atoms with Crippen LogP contribution >= 0.6 is 0 Å². The molecule has 1 aromatic heterocycles. The number of nitrogens with two attached hydrogens (primary N) is 1. The highest BCUT2D eigenvalue weighted by Gasteiger charge is 2.08. The minimum atomic E-state index is -0.362. The van der Waals surface area contributed by atoms with Crippen molar-refractivity contribution in [3.8, 4) is 0 Å². The Hall–Kier alpha value is -2.55. The number of aromatic amines is 1. The highest BCUT2D eigenvalue weighted by Crippen LogP contribution is 2.20. The second kappa shape index (κ2) is 5.21. The van der Waals surface area contributed by atoms with Crippen LogP contribution < -0.4 is 5.73 Å². The van der Waals surface area contributed by atoms with Crippen molar-refractivity contribution < 1.29 is 4.79 Å². The lowest BCUT2D eigenvalue weighted by Gasteiger charge is -2.06. The van der Waals surface area contributed by atoms with Crippen LogP contribution in [0.3, 0.4) is 0 Å². The van der Waals surface area contributed by atoms with Crippen LogP contribution in [-0.4, -0.2) is 10.9 Å². The van der Waals surface area contributed by atoms with E-state index in [0.29, 0.717) is 5.56 Å². The maximum absolute atomic E-state index is 11.4. The first-order valence-electron chi connectivity index (χ1n) is 6.68. The number of para-hydroxylation sites is 1. The Bertz CT molecular complexity index is 758.